The average Bonchev–Trinajstić information content (AvgIpc) is 2.34. The molecule has 1 aromatic heterocycles. The number of rotatable bonds is 3. The zero-order chi connectivity index (χ0) is 14.0. The Labute approximate surface area is 123 Å². The van der Waals surface area contributed by atoms with Gasteiger partial charge in [-0.15, -0.1) is 0 Å². The second-order valence-corrected chi connectivity index (χ2v) is 4.69. The molecule has 19 heavy (non-hydrogen) atoms. The quantitative estimate of drug-likeness (QED) is 0.506. The number of hydrogen-bond acceptors (Lipinski definition) is 4. The van der Waals surface area contributed by atoms with E-state index < -0.39 is 4.92 Å². The number of nitrogens with zero attached hydrogens (tertiary/aromatic N) is 2. The van der Waals surface area contributed by atoms with E-state index in [4.69, 9.17) is 34.8 Å². The maximum atomic E-state index is 10.7. The minimum atomic E-state index is -0.557. The van der Waals surface area contributed by atoms with Gasteiger partial charge in [0.05, 0.1) is 32.8 Å². The monoisotopic (exact) mass is 317 g/mol. The Balaban J connectivity index is 2.38. The van der Waals surface area contributed by atoms with E-state index in [0.717, 1.165) is 6.07 Å². The second-order valence-electron chi connectivity index (χ2n) is 3.52. The summed E-state index contributed by atoms with van der Waals surface area (Å²) in [6, 6.07) is 7.40. The molecule has 5 nitrogen and oxygen atoms in total. The largest absolute Gasteiger partial charge is 0.339 e. The van der Waals surface area contributed by atoms with Crippen molar-refractivity contribution < 1.29 is 4.92 Å². The van der Waals surface area contributed by atoms with Gasteiger partial charge in [0.15, 0.2) is 0 Å². The molecule has 0 aliphatic carbocycles. The lowest BCUT2D eigenvalue weighted by molar-refractivity contribution is -0.384. The molecule has 0 aliphatic heterocycles. The van der Waals surface area contributed by atoms with Crippen molar-refractivity contribution >= 4 is 52.0 Å². The molecule has 8 heteroatoms. The highest BCUT2D eigenvalue weighted by Gasteiger charge is 2.12. The minimum absolute atomic E-state index is 0.00912. The molecular weight excluding hydrogens is 312 g/mol. The molecule has 0 aliphatic rings. The first-order valence-corrected chi connectivity index (χ1v) is 6.14. The van der Waals surface area contributed by atoms with Crippen LogP contribution in [0.25, 0.3) is 0 Å². The molecule has 0 amide bonds. The van der Waals surface area contributed by atoms with Crippen molar-refractivity contribution in [1.29, 1.82) is 0 Å². The van der Waals surface area contributed by atoms with Gasteiger partial charge >= 0.3 is 0 Å². The van der Waals surface area contributed by atoms with Crippen molar-refractivity contribution in [2.45, 2.75) is 0 Å². The zero-order valence-electron chi connectivity index (χ0n) is 9.23. The number of nitrogens with one attached hydrogen (secondary N) is 1. The van der Waals surface area contributed by atoms with Gasteiger partial charge in [0.1, 0.15) is 11.0 Å². The van der Waals surface area contributed by atoms with Gasteiger partial charge in [0.25, 0.3) is 5.69 Å². The minimum Gasteiger partial charge on any atom is -0.339 e. The Kier molecular flexibility index (Phi) is 4.09. The third kappa shape index (κ3) is 3.26. The fourth-order valence-electron chi connectivity index (χ4n) is 1.39. The number of pyridine rings is 1. The van der Waals surface area contributed by atoms with Gasteiger partial charge in [0, 0.05) is 0 Å². The fourth-order valence-corrected chi connectivity index (χ4v) is 1.94. The third-order valence-corrected chi connectivity index (χ3v) is 3.22. The van der Waals surface area contributed by atoms with E-state index in [1.54, 1.807) is 18.2 Å². The Morgan fingerprint density at radius 3 is 2.63 bits per heavy atom. The van der Waals surface area contributed by atoms with Crippen LogP contribution in [-0.4, -0.2) is 9.91 Å². The van der Waals surface area contributed by atoms with E-state index >= 15 is 0 Å². The predicted molar refractivity (Wildman–Crippen MR) is 75.6 cm³/mol. The lowest BCUT2D eigenvalue weighted by Crippen LogP contribution is -1.97. The third-order valence-electron chi connectivity index (χ3n) is 2.20. The smallest absolute Gasteiger partial charge is 0.276 e. The van der Waals surface area contributed by atoms with Crippen LogP contribution >= 0.6 is 34.8 Å². The molecule has 0 fully saturated rings. The Bertz CT molecular complexity index is 649. The zero-order valence-corrected chi connectivity index (χ0v) is 11.5. The Morgan fingerprint density at radius 2 is 1.95 bits per heavy atom. The standard InChI is InChI=1S/C11H6Cl3N3O2/c12-7-2-1-3-8(11(7)14)15-10-5-6(17(18)19)4-9(13)16-10/h1-5H,(H,15,16). The van der Waals surface area contributed by atoms with Gasteiger partial charge in [-0.2, -0.15) is 0 Å². The lowest BCUT2D eigenvalue weighted by atomic mass is 10.3. The molecule has 2 aromatic rings. The highest BCUT2D eigenvalue weighted by molar-refractivity contribution is 6.43. The molecule has 1 aromatic carbocycles. The van der Waals surface area contributed by atoms with Crippen LogP contribution < -0.4 is 5.32 Å². The van der Waals surface area contributed by atoms with E-state index in [2.05, 4.69) is 10.3 Å². The van der Waals surface area contributed by atoms with Crippen LogP contribution in [0.4, 0.5) is 17.2 Å². The van der Waals surface area contributed by atoms with Crippen molar-refractivity contribution in [2.24, 2.45) is 0 Å². The van der Waals surface area contributed by atoms with Crippen LogP contribution in [0, 0.1) is 10.1 Å². The number of aromatic nitrogens is 1. The highest BCUT2D eigenvalue weighted by Crippen LogP contribution is 2.32. The van der Waals surface area contributed by atoms with Gasteiger partial charge in [-0.25, -0.2) is 4.98 Å². The van der Waals surface area contributed by atoms with Crippen LogP contribution in [-0.2, 0) is 0 Å². The van der Waals surface area contributed by atoms with Crippen LogP contribution in [0.1, 0.15) is 0 Å². The van der Waals surface area contributed by atoms with E-state index in [1.807, 2.05) is 0 Å². The van der Waals surface area contributed by atoms with Crippen molar-refractivity contribution in [3.05, 3.63) is 55.6 Å². The van der Waals surface area contributed by atoms with E-state index in [-0.39, 0.29) is 16.7 Å². The van der Waals surface area contributed by atoms with Crippen LogP contribution in [0.2, 0.25) is 15.2 Å². The summed E-state index contributed by atoms with van der Waals surface area (Å²) in [5.41, 5.74) is 0.318. The Morgan fingerprint density at radius 1 is 1.21 bits per heavy atom. The van der Waals surface area contributed by atoms with Crippen molar-refractivity contribution in [3.8, 4) is 0 Å². The highest BCUT2D eigenvalue weighted by atomic mass is 35.5. The SMILES string of the molecule is O=[N+]([O-])c1cc(Cl)nc(Nc2cccc(Cl)c2Cl)c1. The maximum Gasteiger partial charge on any atom is 0.276 e. The molecule has 0 spiro atoms. The van der Waals surface area contributed by atoms with Crippen LogP contribution in [0.15, 0.2) is 30.3 Å². The average molecular weight is 319 g/mol. The first-order valence-electron chi connectivity index (χ1n) is 5.00. The number of nitro groups is 1. The van der Waals surface area contributed by atoms with Crippen LogP contribution in [0.3, 0.4) is 0 Å². The predicted octanol–water partition coefficient (Wildman–Crippen LogP) is 4.69. The molecule has 0 unspecified atom stereocenters. The molecule has 0 saturated heterocycles. The summed E-state index contributed by atoms with van der Waals surface area (Å²) in [5.74, 6) is 0.211. The molecule has 0 saturated carbocycles. The summed E-state index contributed by atoms with van der Waals surface area (Å²) in [6.45, 7) is 0. The van der Waals surface area contributed by atoms with Gasteiger partial charge < -0.3 is 5.32 Å². The Hall–Kier alpha value is -1.56. The molecule has 0 atom stereocenters. The van der Waals surface area contributed by atoms with Crippen molar-refractivity contribution in [2.75, 3.05) is 5.32 Å². The molecule has 1 N–H and O–H groups in total. The van der Waals surface area contributed by atoms with Crippen LogP contribution in [0.5, 0.6) is 0 Å². The summed E-state index contributed by atoms with van der Waals surface area (Å²) in [6.07, 6.45) is 0. The van der Waals surface area contributed by atoms with E-state index in [0.29, 0.717) is 15.7 Å². The fraction of sp³-hybridized carbons (Fsp3) is 0. The molecule has 1 heterocycles. The molecule has 0 bridgehead atoms. The first kappa shape index (κ1) is 13.9. The summed E-state index contributed by atoms with van der Waals surface area (Å²) in [7, 11) is 0. The number of benzene rings is 1. The van der Waals surface area contributed by atoms with Gasteiger partial charge in [-0.1, -0.05) is 40.9 Å². The summed E-state index contributed by atoms with van der Waals surface area (Å²) in [4.78, 5) is 14.1. The van der Waals surface area contributed by atoms with E-state index in [9.17, 15) is 10.1 Å². The normalized spacial score (nSPS) is 10.3. The molecule has 98 valence electrons. The second kappa shape index (κ2) is 5.61. The van der Waals surface area contributed by atoms with Crippen molar-refractivity contribution in [1.82, 2.24) is 4.98 Å². The van der Waals surface area contributed by atoms with E-state index in [1.165, 1.54) is 6.07 Å². The van der Waals surface area contributed by atoms with Gasteiger partial charge in [-0.05, 0) is 12.1 Å². The lowest BCUT2D eigenvalue weighted by Gasteiger charge is -2.08. The summed E-state index contributed by atoms with van der Waals surface area (Å²) >= 11 is 17.6. The van der Waals surface area contributed by atoms with Gasteiger partial charge in [0.2, 0.25) is 0 Å². The first-order chi connectivity index (χ1) is 8.97. The summed E-state index contributed by atoms with van der Waals surface area (Å²) in [5, 5.41) is 14.2. The number of anilines is 2. The molecule has 0 radical (unpaired) electrons. The maximum absolute atomic E-state index is 10.7. The molecule has 2 rings (SSSR count). The topological polar surface area (TPSA) is 68.1 Å². The summed E-state index contributed by atoms with van der Waals surface area (Å²) < 4.78 is 0. The number of hydrogen-bond donors (Lipinski definition) is 1. The van der Waals surface area contributed by atoms with Crippen molar-refractivity contribution in [3.63, 3.8) is 0 Å². The number of halogens is 3. The molecular formula is C11H6Cl3N3O2. The van der Waals surface area contributed by atoms with Gasteiger partial charge in [-0.3, -0.25) is 10.1 Å².